The van der Waals surface area contributed by atoms with E-state index in [2.05, 4.69) is 9.12 Å². The van der Waals surface area contributed by atoms with Crippen LogP contribution in [0.2, 0.25) is 0 Å². The molecule has 0 spiro atoms. The van der Waals surface area contributed by atoms with Crippen molar-refractivity contribution in [2.45, 2.75) is 12.4 Å². The summed E-state index contributed by atoms with van der Waals surface area (Å²) in [5, 5.41) is 0. The number of halogens is 1. The van der Waals surface area contributed by atoms with Gasteiger partial charge in [0.1, 0.15) is 0 Å². The standard InChI is InChI=1S/C3H7FO4S/c1-3(7-2)9(5,6)8-4/h3H,1-2H3. The predicted octanol–water partition coefficient (Wildman–Crippen LogP) is 0.210. The second-order valence-corrected chi connectivity index (χ2v) is 3.13. The first kappa shape index (κ1) is 8.80. The Kier molecular flexibility index (Phi) is 3.02. The van der Waals surface area contributed by atoms with Crippen LogP contribution in [0.4, 0.5) is 4.53 Å². The van der Waals surface area contributed by atoms with Crippen LogP contribution in [-0.4, -0.2) is 21.0 Å². The molecule has 0 radical (unpaired) electrons. The molecule has 0 aromatic heterocycles. The third kappa shape index (κ3) is 2.25. The van der Waals surface area contributed by atoms with Gasteiger partial charge in [-0.2, -0.15) is 8.42 Å². The van der Waals surface area contributed by atoms with Crippen molar-refractivity contribution >= 4 is 10.1 Å². The molecule has 0 saturated carbocycles. The Bertz CT molecular complexity index is 163. The van der Waals surface area contributed by atoms with Crippen molar-refractivity contribution in [2.24, 2.45) is 0 Å². The van der Waals surface area contributed by atoms with Crippen molar-refractivity contribution in [3.05, 3.63) is 0 Å². The van der Waals surface area contributed by atoms with Gasteiger partial charge in [0.2, 0.25) is 0 Å². The van der Waals surface area contributed by atoms with E-state index >= 15 is 0 Å². The lowest BCUT2D eigenvalue weighted by molar-refractivity contribution is -0.00782. The van der Waals surface area contributed by atoms with Gasteiger partial charge < -0.3 is 4.74 Å². The van der Waals surface area contributed by atoms with E-state index < -0.39 is 15.6 Å². The SMILES string of the molecule is COC(C)S(=O)(=O)OF. The molecular formula is C3H7FO4S. The summed E-state index contributed by atoms with van der Waals surface area (Å²) < 4.78 is 38.3. The summed E-state index contributed by atoms with van der Waals surface area (Å²) in [4.78, 5) is 0. The summed E-state index contributed by atoms with van der Waals surface area (Å²) in [6.07, 6.45) is 0. The average molecular weight is 158 g/mol. The van der Waals surface area contributed by atoms with Gasteiger partial charge in [-0.3, -0.25) is 0 Å². The number of methoxy groups -OCH3 is 1. The molecular weight excluding hydrogens is 151 g/mol. The zero-order valence-corrected chi connectivity index (χ0v) is 5.81. The minimum absolute atomic E-state index is 1.14. The summed E-state index contributed by atoms with van der Waals surface area (Å²) in [5.74, 6) is 0. The zero-order valence-electron chi connectivity index (χ0n) is 5.00. The summed E-state index contributed by atoms with van der Waals surface area (Å²) >= 11 is 0. The van der Waals surface area contributed by atoms with Gasteiger partial charge in [-0.05, 0) is 11.4 Å². The van der Waals surface area contributed by atoms with E-state index in [4.69, 9.17) is 0 Å². The number of rotatable bonds is 3. The maximum Gasteiger partial charge on any atom is 0.324 e. The number of hydrogen-bond donors (Lipinski definition) is 0. The van der Waals surface area contributed by atoms with Gasteiger partial charge in [-0.25, -0.2) is 0 Å². The number of ether oxygens (including phenoxy) is 1. The maximum atomic E-state index is 11.0. The molecule has 0 aromatic carbocycles. The van der Waals surface area contributed by atoms with Crippen molar-refractivity contribution in [1.82, 2.24) is 0 Å². The minimum Gasteiger partial charge on any atom is -0.363 e. The molecule has 0 aliphatic rings. The molecule has 4 nitrogen and oxygen atoms in total. The lowest BCUT2D eigenvalue weighted by atomic mass is 10.9. The lowest BCUT2D eigenvalue weighted by Crippen LogP contribution is -2.19. The van der Waals surface area contributed by atoms with Crippen LogP contribution < -0.4 is 0 Å². The van der Waals surface area contributed by atoms with Crippen molar-refractivity contribution in [3.63, 3.8) is 0 Å². The van der Waals surface area contributed by atoms with Crippen LogP contribution in [0.25, 0.3) is 0 Å². The topological polar surface area (TPSA) is 52.6 Å². The highest BCUT2D eigenvalue weighted by molar-refractivity contribution is 7.87. The molecule has 1 unspecified atom stereocenters. The molecule has 0 aromatic rings. The molecule has 0 rings (SSSR count). The van der Waals surface area contributed by atoms with E-state index in [1.165, 1.54) is 0 Å². The van der Waals surface area contributed by atoms with Crippen LogP contribution in [0.1, 0.15) is 6.92 Å². The molecule has 0 amide bonds. The second kappa shape index (κ2) is 3.09. The molecule has 9 heavy (non-hydrogen) atoms. The average Bonchev–Trinajstić information content (AvgIpc) is 1.86. The zero-order chi connectivity index (χ0) is 7.49. The Hall–Kier alpha value is -0.200. The van der Waals surface area contributed by atoms with E-state index in [0.29, 0.717) is 0 Å². The summed E-state index contributed by atoms with van der Waals surface area (Å²) in [7, 11) is -3.00. The Labute approximate surface area is 52.6 Å². The normalized spacial score (nSPS) is 15.4. The highest BCUT2D eigenvalue weighted by Crippen LogP contribution is 2.03. The summed E-state index contributed by atoms with van der Waals surface area (Å²) in [6, 6.07) is 0. The lowest BCUT2D eigenvalue weighted by Gasteiger charge is -2.03. The van der Waals surface area contributed by atoms with Gasteiger partial charge >= 0.3 is 10.1 Å². The van der Waals surface area contributed by atoms with Crippen molar-refractivity contribution in [2.75, 3.05) is 7.11 Å². The first-order chi connectivity index (χ1) is 4.04. The molecule has 0 aliphatic heterocycles. The smallest absolute Gasteiger partial charge is 0.324 e. The second-order valence-electron chi connectivity index (χ2n) is 1.36. The molecule has 1 atom stereocenters. The minimum atomic E-state index is -4.14. The third-order valence-corrected chi connectivity index (χ3v) is 2.01. The predicted molar refractivity (Wildman–Crippen MR) is 27.6 cm³/mol. The van der Waals surface area contributed by atoms with Gasteiger partial charge in [0, 0.05) is 7.11 Å². The first-order valence-corrected chi connectivity index (χ1v) is 3.58. The quantitative estimate of drug-likeness (QED) is 0.589. The molecule has 0 aliphatic carbocycles. The van der Waals surface area contributed by atoms with Crippen LogP contribution in [0.15, 0.2) is 0 Å². The van der Waals surface area contributed by atoms with Gasteiger partial charge in [-0.15, -0.1) is 0 Å². The molecule has 0 heterocycles. The first-order valence-electron chi connectivity index (χ1n) is 2.11. The van der Waals surface area contributed by atoms with E-state index in [-0.39, 0.29) is 0 Å². The summed E-state index contributed by atoms with van der Waals surface area (Å²) in [5.41, 5.74) is -1.26. The van der Waals surface area contributed by atoms with E-state index in [1.54, 1.807) is 0 Å². The van der Waals surface area contributed by atoms with Crippen molar-refractivity contribution in [1.29, 1.82) is 0 Å². The highest BCUT2D eigenvalue weighted by Gasteiger charge is 2.21. The molecule has 0 bridgehead atoms. The van der Waals surface area contributed by atoms with Crippen LogP contribution in [0.5, 0.6) is 0 Å². The molecule has 0 fully saturated rings. The van der Waals surface area contributed by atoms with Crippen LogP contribution in [0, 0.1) is 0 Å². The van der Waals surface area contributed by atoms with Crippen molar-refractivity contribution in [3.8, 4) is 0 Å². The van der Waals surface area contributed by atoms with Gasteiger partial charge in [0.15, 0.2) is 5.44 Å². The van der Waals surface area contributed by atoms with Crippen molar-refractivity contribution < 1.29 is 22.1 Å². The monoisotopic (exact) mass is 158 g/mol. The molecule has 6 heteroatoms. The largest absolute Gasteiger partial charge is 0.363 e. The van der Waals surface area contributed by atoms with E-state index in [0.717, 1.165) is 14.0 Å². The summed E-state index contributed by atoms with van der Waals surface area (Å²) in [6.45, 7) is 1.16. The fourth-order valence-electron chi connectivity index (χ4n) is 0.169. The Morgan fingerprint density at radius 3 is 2.11 bits per heavy atom. The Morgan fingerprint density at radius 1 is 1.56 bits per heavy atom. The highest BCUT2D eigenvalue weighted by atomic mass is 32.2. The maximum absolute atomic E-state index is 11.0. The molecule has 0 saturated heterocycles. The van der Waals surface area contributed by atoms with E-state index in [1.807, 2.05) is 0 Å². The van der Waals surface area contributed by atoms with Crippen LogP contribution >= 0.6 is 0 Å². The third-order valence-electron chi connectivity index (χ3n) is 0.826. The van der Waals surface area contributed by atoms with Gasteiger partial charge in [-0.1, -0.05) is 4.39 Å². The van der Waals surface area contributed by atoms with Crippen LogP contribution in [-0.2, 0) is 19.2 Å². The molecule has 0 N–H and O–H groups in total. The Balaban J connectivity index is 4.17. The number of hydrogen-bond acceptors (Lipinski definition) is 4. The fraction of sp³-hybridized carbons (Fsp3) is 1.00. The van der Waals surface area contributed by atoms with Gasteiger partial charge in [0.25, 0.3) is 0 Å². The molecule has 56 valence electrons. The Morgan fingerprint density at radius 2 is 2.00 bits per heavy atom. The van der Waals surface area contributed by atoms with Gasteiger partial charge in [0.05, 0.1) is 0 Å². The van der Waals surface area contributed by atoms with E-state index in [9.17, 15) is 12.9 Å². The fourth-order valence-corrected chi connectivity index (χ4v) is 0.507. The van der Waals surface area contributed by atoms with Crippen LogP contribution in [0.3, 0.4) is 0 Å².